The van der Waals surface area contributed by atoms with Crippen molar-refractivity contribution in [3.05, 3.63) is 71.2 Å². The average Bonchev–Trinajstić information content (AvgIpc) is 3.45. The first-order valence-corrected chi connectivity index (χ1v) is 10.4. The van der Waals surface area contributed by atoms with E-state index in [-0.39, 0.29) is 11.7 Å². The van der Waals surface area contributed by atoms with Crippen LogP contribution in [0.2, 0.25) is 5.02 Å². The minimum atomic E-state index is -0.329. The van der Waals surface area contributed by atoms with Crippen LogP contribution in [0.3, 0.4) is 0 Å². The van der Waals surface area contributed by atoms with Gasteiger partial charge in [0.05, 0.1) is 12.5 Å². The molecule has 0 aliphatic carbocycles. The Morgan fingerprint density at radius 2 is 1.97 bits per heavy atom. The maximum atomic E-state index is 13.5. The van der Waals surface area contributed by atoms with Gasteiger partial charge in [0.2, 0.25) is 23.5 Å². The van der Waals surface area contributed by atoms with Crippen LogP contribution in [0.25, 0.3) is 22.8 Å². The van der Waals surface area contributed by atoms with E-state index in [1.807, 2.05) is 12.1 Å². The van der Waals surface area contributed by atoms with Gasteiger partial charge in [-0.25, -0.2) is 4.39 Å². The zero-order valence-corrected chi connectivity index (χ0v) is 17.3. The molecule has 3 heterocycles. The van der Waals surface area contributed by atoms with Crippen molar-refractivity contribution in [3.63, 3.8) is 0 Å². The van der Waals surface area contributed by atoms with Gasteiger partial charge in [0, 0.05) is 22.7 Å². The third kappa shape index (κ3) is 4.50. The third-order valence-electron chi connectivity index (χ3n) is 5.30. The predicted octanol–water partition coefficient (Wildman–Crippen LogP) is 4.96. The highest BCUT2D eigenvalue weighted by molar-refractivity contribution is 6.30. The van der Waals surface area contributed by atoms with E-state index >= 15 is 0 Å². The van der Waals surface area contributed by atoms with E-state index in [4.69, 9.17) is 20.5 Å². The van der Waals surface area contributed by atoms with Crippen LogP contribution in [0.15, 0.2) is 57.5 Å². The zero-order chi connectivity index (χ0) is 21.2. The van der Waals surface area contributed by atoms with Crippen LogP contribution in [0.5, 0.6) is 0 Å². The summed E-state index contributed by atoms with van der Waals surface area (Å²) < 4.78 is 24.8. The fourth-order valence-corrected chi connectivity index (χ4v) is 3.89. The summed E-state index contributed by atoms with van der Waals surface area (Å²) in [6.45, 7) is 2.20. The SMILES string of the molecule is Fc1cccc(-c2noc(C3CCCN(Cc4nnc(-c5ccc(Cl)cc5)o4)C3)n2)c1. The summed E-state index contributed by atoms with van der Waals surface area (Å²) in [4.78, 5) is 6.74. The van der Waals surface area contributed by atoms with Crippen molar-refractivity contribution in [2.24, 2.45) is 0 Å². The molecule has 0 bridgehead atoms. The number of aromatic nitrogens is 4. The van der Waals surface area contributed by atoms with Gasteiger partial charge in [0.25, 0.3) is 0 Å². The number of halogens is 2. The molecule has 7 nitrogen and oxygen atoms in total. The van der Waals surface area contributed by atoms with E-state index in [0.717, 1.165) is 31.5 Å². The van der Waals surface area contributed by atoms with Gasteiger partial charge in [0.15, 0.2) is 0 Å². The van der Waals surface area contributed by atoms with Gasteiger partial charge in [-0.05, 0) is 55.8 Å². The fourth-order valence-electron chi connectivity index (χ4n) is 3.76. The molecule has 2 aromatic carbocycles. The van der Waals surface area contributed by atoms with E-state index in [0.29, 0.717) is 40.6 Å². The number of nitrogens with zero attached hydrogens (tertiary/aromatic N) is 5. The van der Waals surface area contributed by atoms with Gasteiger partial charge in [-0.3, -0.25) is 4.90 Å². The Labute approximate surface area is 182 Å². The highest BCUT2D eigenvalue weighted by Gasteiger charge is 2.27. The lowest BCUT2D eigenvalue weighted by Crippen LogP contribution is -2.34. The number of hydrogen-bond acceptors (Lipinski definition) is 7. The van der Waals surface area contributed by atoms with Gasteiger partial charge < -0.3 is 8.94 Å². The Bertz CT molecular complexity index is 1180. The predicted molar refractivity (Wildman–Crippen MR) is 112 cm³/mol. The summed E-state index contributed by atoms with van der Waals surface area (Å²) in [5.74, 6) is 1.76. The van der Waals surface area contributed by atoms with E-state index < -0.39 is 0 Å². The zero-order valence-electron chi connectivity index (χ0n) is 16.5. The number of rotatable bonds is 5. The number of likely N-dealkylation sites (tertiary alicyclic amines) is 1. The van der Waals surface area contributed by atoms with Crippen molar-refractivity contribution in [1.82, 2.24) is 25.2 Å². The van der Waals surface area contributed by atoms with E-state index in [1.165, 1.54) is 12.1 Å². The molecular weight excluding hydrogens is 421 g/mol. The van der Waals surface area contributed by atoms with Gasteiger partial charge in [-0.2, -0.15) is 4.98 Å². The second-order valence-corrected chi connectivity index (χ2v) is 7.99. The molecule has 1 saturated heterocycles. The molecule has 1 fully saturated rings. The molecule has 1 atom stereocenters. The lowest BCUT2D eigenvalue weighted by Gasteiger charge is -2.29. The normalized spacial score (nSPS) is 17.2. The summed E-state index contributed by atoms with van der Waals surface area (Å²) in [6.07, 6.45) is 1.93. The summed E-state index contributed by atoms with van der Waals surface area (Å²) in [6, 6.07) is 13.5. The van der Waals surface area contributed by atoms with Gasteiger partial charge in [-0.15, -0.1) is 10.2 Å². The molecule has 0 amide bonds. The second kappa shape index (κ2) is 8.56. The largest absolute Gasteiger partial charge is 0.419 e. The monoisotopic (exact) mass is 439 g/mol. The minimum absolute atomic E-state index is 0.0993. The van der Waals surface area contributed by atoms with Crippen LogP contribution in [-0.4, -0.2) is 38.3 Å². The molecule has 2 aromatic heterocycles. The van der Waals surface area contributed by atoms with Crippen LogP contribution >= 0.6 is 11.6 Å². The smallest absolute Gasteiger partial charge is 0.247 e. The summed E-state index contributed by atoms with van der Waals surface area (Å²) >= 11 is 5.93. The quantitative estimate of drug-likeness (QED) is 0.434. The first-order valence-electron chi connectivity index (χ1n) is 10.0. The fraction of sp³-hybridized carbons (Fsp3) is 0.273. The van der Waals surface area contributed by atoms with Crippen LogP contribution in [0.1, 0.15) is 30.5 Å². The molecule has 0 N–H and O–H groups in total. The maximum Gasteiger partial charge on any atom is 0.247 e. The Hall–Kier alpha value is -3.10. The number of benzene rings is 2. The molecule has 5 rings (SSSR count). The molecule has 158 valence electrons. The van der Waals surface area contributed by atoms with E-state index in [1.54, 1.807) is 24.3 Å². The van der Waals surface area contributed by atoms with Gasteiger partial charge >= 0.3 is 0 Å². The summed E-state index contributed by atoms with van der Waals surface area (Å²) in [5.41, 5.74) is 1.43. The molecule has 0 radical (unpaired) electrons. The van der Waals surface area contributed by atoms with Crippen LogP contribution in [0.4, 0.5) is 4.39 Å². The second-order valence-electron chi connectivity index (χ2n) is 7.55. The Morgan fingerprint density at radius 1 is 1.10 bits per heavy atom. The highest BCUT2D eigenvalue weighted by atomic mass is 35.5. The Kier molecular flexibility index (Phi) is 5.48. The van der Waals surface area contributed by atoms with Crippen molar-refractivity contribution in [3.8, 4) is 22.8 Å². The molecule has 4 aromatic rings. The topological polar surface area (TPSA) is 81.1 Å². The minimum Gasteiger partial charge on any atom is -0.419 e. The third-order valence-corrected chi connectivity index (χ3v) is 5.55. The summed E-state index contributed by atoms with van der Waals surface area (Å²) in [7, 11) is 0. The molecule has 1 aliphatic heterocycles. The molecule has 1 unspecified atom stereocenters. The number of hydrogen-bond donors (Lipinski definition) is 0. The first kappa shape index (κ1) is 19.8. The molecule has 0 spiro atoms. The van der Waals surface area contributed by atoms with Gasteiger partial charge in [0.1, 0.15) is 5.82 Å². The van der Waals surface area contributed by atoms with Crippen LogP contribution in [-0.2, 0) is 6.54 Å². The van der Waals surface area contributed by atoms with Gasteiger partial charge in [-0.1, -0.05) is 28.9 Å². The highest BCUT2D eigenvalue weighted by Crippen LogP contribution is 2.29. The van der Waals surface area contributed by atoms with Crippen molar-refractivity contribution in [2.75, 3.05) is 13.1 Å². The molecule has 9 heteroatoms. The van der Waals surface area contributed by atoms with Crippen molar-refractivity contribution in [1.29, 1.82) is 0 Å². The van der Waals surface area contributed by atoms with E-state index in [2.05, 4.69) is 25.2 Å². The molecular formula is C22H19ClFN5O2. The maximum absolute atomic E-state index is 13.5. The average molecular weight is 440 g/mol. The van der Waals surface area contributed by atoms with Crippen molar-refractivity contribution >= 4 is 11.6 Å². The van der Waals surface area contributed by atoms with Crippen molar-refractivity contribution in [2.45, 2.75) is 25.3 Å². The molecule has 1 aliphatic rings. The summed E-state index contributed by atoms with van der Waals surface area (Å²) in [5, 5.41) is 13.0. The first-order chi connectivity index (χ1) is 15.1. The van der Waals surface area contributed by atoms with E-state index in [9.17, 15) is 4.39 Å². The standard InChI is InChI=1S/C22H19ClFN5O2/c23-17-8-6-14(7-9-17)22-27-26-19(30-22)13-29-10-2-4-16(12-29)21-25-20(28-31-21)15-3-1-5-18(24)11-15/h1,3,5-9,11,16H,2,4,10,12-13H2. The van der Waals surface area contributed by atoms with Crippen LogP contribution in [0, 0.1) is 5.82 Å². The Balaban J connectivity index is 1.25. The van der Waals surface area contributed by atoms with Crippen LogP contribution < -0.4 is 0 Å². The Morgan fingerprint density at radius 3 is 2.81 bits per heavy atom. The molecule has 31 heavy (non-hydrogen) atoms. The molecule has 0 saturated carbocycles. The lowest BCUT2D eigenvalue weighted by atomic mass is 9.98. The number of piperidine rings is 1. The van der Waals surface area contributed by atoms with Crippen molar-refractivity contribution < 1.29 is 13.3 Å². The lowest BCUT2D eigenvalue weighted by molar-refractivity contribution is 0.167.